The van der Waals surface area contributed by atoms with Gasteiger partial charge < -0.3 is 83.9 Å². The third-order valence-corrected chi connectivity index (χ3v) is 11.4. The zero-order valence-electron chi connectivity index (χ0n) is 42.2. The van der Waals surface area contributed by atoms with E-state index in [2.05, 4.69) is 68.7 Å². The fourth-order valence-corrected chi connectivity index (χ4v) is 7.03. The van der Waals surface area contributed by atoms with Crippen molar-refractivity contribution in [2.24, 2.45) is 0 Å². The third kappa shape index (κ3) is 118. The van der Waals surface area contributed by atoms with E-state index >= 15 is 0 Å². The van der Waals surface area contributed by atoms with Gasteiger partial charge in [0.25, 0.3) is 0 Å². The maximum Gasteiger partial charge on any atom is 6.00 e. The molecule has 6 unspecified atom stereocenters. The molecule has 0 fully saturated rings. The van der Waals surface area contributed by atoms with Crippen molar-refractivity contribution < 1.29 is 105 Å². The molecule has 0 aromatic rings. The summed E-state index contributed by atoms with van der Waals surface area (Å²) in [6.45, 7) is 15.1. The van der Waals surface area contributed by atoms with E-state index in [1.807, 2.05) is 0 Å². The van der Waals surface area contributed by atoms with Gasteiger partial charge in [-0.2, -0.15) is 0 Å². The molecule has 0 N–H and O–H groups in total. The van der Waals surface area contributed by atoms with E-state index in [0.29, 0.717) is 39.6 Å². The van der Waals surface area contributed by atoms with Crippen LogP contribution in [0.4, 0.5) is 0 Å². The van der Waals surface area contributed by atoms with Gasteiger partial charge >= 0.3 is 21.1 Å². The van der Waals surface area contributed by atoms with Crippen LogP contribution in [0, 0.1) is 0 Å². The van der Waals surface area contributed by atoms with E-state index in [4.69, 9.17) is 0 Å². The fraction of sp³-hybridized carbons (Fsp3) is 1.00. The minimum atomic E-state index is -2.93. The van der Waals surface area contributed by atoms with Crippen molar-refractivity contribution in [3.05, 3.63) is 0 Å². The summed E-state index contributed by atoms with van der Waals surface area (Å²) < 4.78 is 86.1. The summed E-state index contributed by atoms with van der Waals surface area (Å²) in [6.07, 6.45) is 33.3. The number of hydrogen-bond acceptors (Lipinski definition) is 18. The maximum atomic E-state index is 9.94. The van der Waals surface area contributed by atoms with E-state index in [1.54, 1.807) is 0 Å². The van der Waals surface area contributed by atoms with Gasteiger partial charge in [-0.05, 0) is 38.5 Å². The summed E-state index contributed by atoms with van der Waals surface area (Å²) in [7, 11) is -17.6. The van der Waals surface area contributed by atoms with Crippen molar-refractivity contribution in [1.82, 2.24) is 0 Å². The average Bonchev–Trinajstić information content (AvgIpc) is 3.26. The predicted molar refractivity (Wildman–Crippen MR) is 262 cm³/mol. The Labute approximate surface area is 426 Å². The molecule has 0 saturated heterocycles. The van der Waals surface area contributed by atoms with Crippen molar-refractivity contribution in [3.63, 3.8) is 0 Å². The van der Waals surface area contributed by atoms with Crippen LogP contribution in [0.5, 0.6) is 0 Å². The molecule has 0 amide bonds. The van der Waals surface area contributed by atoms with Crippen LogP contribution < -0.4 is 29.4 Å². The van der Waals surface area contributed by atoms with Crippen molar-refractivity contribution in [2.45, 2.75) is 234 Å². The van der Waals surface area contributed by atoms with Crippen molar-refractivity contribution in [1.29, 1.82) is 0 Å². The second kappa shape index (κ2) is 79.0. The molecule has 18 nitrogen and oxygen atoms in total. The van der Waals surface area contributed by atoms with Gasteiger partial charge in [-0.15, -0.1) is 0 Å². The summed E-state index contributed by atoms with van der Waals surface area (Å²) in [5, 5.41) is 0. The summed E-state index contributed by atoms with van der Waals surface area (Å²) >= 11 is 0. The van der Waals surface area contributed by atoms with E-state index < -0.39 is 49.5 Å². The molecule has 6 atom stereocenters. The molecule has 0 saturated carbocycles. The normalized spacial score (nSPS) is 13.1. The van der Waals surface area contributed by atoms with Gasteiger partial charge in [0.15, 0.2) is 0 Å². The molecular formula is C42H96MoO18P6. The van der Waals surface area contributed by atoms with Gasteiger partial charge in [0, 0.05) is 0 Å². The molecule has 67 heavy (non-hydrogen) atoms. The van der Waals surface area contributed by atoms with Crippen LogP contribution in [-0.2, 0) is 75.6 Å². The molecule has 0 aromatic heterocycles. The SMILES string of the molecule is CCCCCCCO[PH](=O)[O-].CCCCCCCO[PH](=O)[O-].CCCCCCCO[PH](=O)[O-].CCCCCCCO[PH](=O)[O-].CCCCCCCO[PH](=O)[O-].CCCCCCCO[PH](=O)[O-].[Mo+6]. The molecule has 0 aliphatic rings. The van der Waals surface area contributed by atoms with Gasteiger partial charge in [0.1, 0.15) is 49.5 Å². The Bertz CT molecular complexity index is 844. The van der Waals surface area contributed by atoms with Crippen LogP contribution in [0.1, 0.15) is 234 Å². The molecule has 0 radical (unpaired) electrons. The quantitative estimate of drug-likeness (QED) is 0.0312. The minimum absolute atomic E-state index is 0. The number of unbranched alkanes of at least 4 members (excludes halogenated alkanes) is 24. The number of hydrogen-bond donors (Lipinski definition) is 0. The Morgan fingerprint density at radius 2 is 0.328 bits per heavy atom. The summed E-state index contributed by atoms with van der Waals surface area (Å²) in [6, 6.07) is 0. The molecule has 0 rings (SSSR count). The average molecular weight is 1170 g/mol. The van der Waals surface area contributed by atoms with Crippen LogP contribution in [0.3, 0.4) is 0 Å². The molecule has 0 bridgehead atoms. The van der Waals surface area contributed by atoms with E-state index in [1.165, 1.54) is 116 Å². The zero-order chi connectivity index (χ0) is 51.2. The Hall–Kier alpha value is 1.59. The van der Waals surface area contributed by atoms with Crippen LogP contribution >= 0.6 is 49.5 Å². The maximum absolute atomic E-state index is 9.94. The summed E-state index contributed by atoms with van der Waals surface area (Å²) in [5.41, 5.74) is 0. The molecule has 0 aliphatic carbocycles. The minimum Gasteiger partial charge on any atom is -0.781 e. The smallest absolute Gasteiger partial charge is 0.781 e. The Kier molecular flexibility index (Phi) is 97.4. The first-order chi connectivity index (χ1) is 31.6. The van der Waals surface area contributed by atoms with Crippen molar-refractivity contribution in [3.8, 4) is 0 Å². The van der Waals surface area contributed by atoms with Crippen LogP contribution in [-0.4, -0.2) is 39.6 Å². The van der Waals surface area contributed by atoms with Crippen LogP contribution in [0.25, 0.3) is 0 Å². The van der Waals surface area contributed by atoms with Gasteiger partial charge in [-0.3, -0.25) is 0 Å². The van der Waals surface area contributed by atoms with Gasteiger partial charge in [-0.25, -0.2) is 0 Å². The van der Waals surface area contributed by atoms with Gasteiger partial charge in [0.2, 0.25) is 0 Å². The van der Waals surface area contributed by atoms with Gasteiger partial charge in [-0.1, -0.05) is 196 Å². The molecule has 0 heterocycles. The molecule has 25 heteroatoms. The number of rotatable bonds is 42. The van der Waals surface area contributed by atoms with Gasteiger partial charge in [0.05, 0.1) is 39.6 Å². The van der Waals surface area contributed by atoms with E-state index in [9.17, 15) is 56.8 Å². The van der Waals surface area contributed by atoms with Crippen LogP contribution in [0.2, 0.25) is 0 Å². The molecule has 0 aromatic carbocycles. The molecule has 408 valence electrons. The standard InChI is InChI=1S/6C7H17O3P.Mo/c6*1-2-3-4-5-6-7-10-11(8)9;/h6*11H,2-7H2,1H3,(H,8,9);/q;;;;;;+6/p-6. The zero-order valence-corrected chi connectivity index (χ0v) is 50.2. The predicted octanol–water partition coefficient (Wildman–Crippen LogP) is 10.3. The Balaban J connectivity index is -0.000000129. The Morgan fingerprint density at radius 3 is 0.418 bits per heavy atom. The summed E-state index contributed by atoms with van der Waals surface area (Å²) in [4.78, 5) is 59.6. The monoisotopic (exact) mass is 1170 g/mol. The van der Waals surface area contributed by atoms with Crippen molar-refractivity contribution >= 4 is 49.5 Å². The summed E-state index contributed by atoms with van der Waals surface area (Å²) in [5.74, 6) is 0. The third-order valence-electron chi connectivity index (χ3n) is 8.81. The first-order valence-electron chi connectivity index (χ1n) is 24.6. The van der Waals surface area contributed by atoms with Crippen molar-refractivity contribution in [2.75, 3.05) is 39.6 Å². The van der Waals surface area contributed by atoms with E-state index in [-0.39, 0.29) is 21.1 Å². The second-order valence-corrected chi connectivity index (χ2v) is 19.8. The second-order valence-electron chi connectivity index (χ2n) is 15.1. The first-order valence-corrected chi connectivity index (χ1v) is 32.0. The van der Waals surface area contributed by atoms with E-state index in [0.717, 1.165) is 77.0 Å². The molecular weight excluding hydrogens is 1070 g/mol. The largest absolute Gasteiger partial charge is 6.00 e. The Morgan fingerprint density at radius 1 is 0.224 bits per heavy atom. The topological polar surface area (TPSA) is 296 Å². The first kappa shape index (κ1) is 82.6. The fourth-order valence-electron chi connectivity index (χ4n) is 5.17. The molecule has 0 aliphatic heterocycles. The molecule has 0 spiro atoms. The van der Waals surface area contributed by atoms with Crippen LogP contribution in [0.15, 0.2) is 0 Å².